The number of nitrogens with zero attached hydrogens (tertiary/aromatic N) is 1. The molecule has 56 valence electrons. The second-order valence-corrected chi connectivity index (χ2v) is 2.44. The van der Waals surface area contributed by atoms with Crippen molar-refractivity contribution in [2.75, 3.05) is 7.05 Å². The zero-order valence-corrected chi connectivity index (χ0v) is 6.23. The minimum atomic E-state index is 0. The lowest BCUT2D eigenvalue weighted by atomic mass is 10.3. The van der Waals surface area contributed by atoms with E-state index in [9.17, 15) is 0 Å². The molecule has 0 aromatic carbocycles. The fourth-order valence-electron chi connectivity index (χ4n) is 0.441. The molecule has 1 nitrogen and oxygen atoms in total. The molecule has 0 amide bonds. The van der Waals surface area contributed by atoms with Crippen molar-refractivity contribution >= 4 is 0 Å². The average Bonchev–Trinajstić information content (AvgIpc) is 1.64. The van der Waals surface area contributed by atoms with Gasteiger partial charge in [-0.15, -0.1) is 0 Å². The smallest absolute Gasteiger partial charge is 0.0226 e. The summed E-state index contributed by atoms with van der Waals surface area (Å²) in [4.78, 5) is 2.14. The normalized spacial score (nSPS) is 8.56. The first-order valence-corrected chi connectivity index (χ1v) is 2.94. The Morgan fingerprint density at radius 3 is 1.78 bits per heavy atom. The highest BCUT2D eigenvalue weighted by Crippen LogP contribution is 2.00. The van der Waals surface area contributed by atoms with E-state index in [2.05, 4.69) is 25.3 Å². The van der Waals surface area contributed by atoms with E-state index in [0.29, 0.717) is 6.04 Å². The highest BCUT2D eigenvalue weighted by Gasteiger charge is 1.98. The molecule has 0 aliphatic rings. The molecule has 0 atom stereocenters. The summed E-state index contributed by atoms with van der Waals surface area (Å²) < 4.78 is 0. The minimum Gasteiger partial charge on any atom is -0.376 e. The van der Waals surface area contributed by atoms with E-state index in [4.69, 9.17) is 0 Å². The second-order valence-electron chi connectivity index (χ2n) is 2.44. The van der Waals surface area contributed by atoms with E-state index in [1.807, 2.05) is 14.0 Å². The molecule has 0 saturated heterocycles. The third kappa shape index (κ3) is 4.07. The van der Waals surface area contributed by atoms with Gasteiger partial charge in [-0.2, -0.15) is 0 Å². The molecule has 0 saturated carbocycles. The van der Waals surface area contributed by atoms with Gasteiger partial charge in [0.15, 0.2) is 0 Å². The van der Waals surface area contributed by atoms with E-state index < -0.39 is 0 Å². The van der Waals surface area contributed by atoms with Gasteiger partial charge in [-0.1, -0.05) is 14.0 Å². The van der Waals surface area contributed by atoms with Crippen LogP contribution in [0.2, 0.25) is 0 Å². The van der Waals surface area contributed by atoms with Gasteiger partial charge in [0.25, 0.3) is 0 Å². The van der Waals surface area contributed by atoms with Crippen LogP contribution in [0.5, 0.6) is 0 Å². The first kappa shape index (κ1) is 11.4. The molecule has 0 fully saturated rings. The summed E-state index contributed by atoms with van der Waals surface area (Å²) >= 11 is 0. The number of hydrogen-bond donors (Lipinski definition) is 0. The zero-order chi connectivity index (χ0) is 6.73. The van der Waals surface area contributed by atoms with Crippen LogP contribution in [0.4, 0.5) is 0 Å². The van der Waals surface area contributed by atoms with E-state index in [0.717, 1.165) is 5.70 Å². The van der Waals surface area contributed by atoms with Gasteiger partial charge < -0.3 is 4.90 Å². The van der Waals surface area contributed by atoms with Gasteiger partial charge >= 0.3 is 0 Å². The van der Waals surface area contributed by atoms with Crippen LogP contribution < -0.4 is 0 Å². The molecule has 0 unspecified atom stereocenters. The maximum atomic E-state index is 3.80. The molecule has 0 aromatic rings. The van der Waals surface area contributed by atoms with Crippen LogP contribution in [-0.4, -0.2) is 18.0 Å². The van der Waals surface area contributed by atoms with Crippen molar-refractivity contribution in [2.24, 2.45) is 0 Å². The molecule has 1 heteroatoms. The monoisotopic (exact) mass is 129 g/mol. The summed E-state index contributed by atoms with van der Waals surface area (Å²) in [5, 5.41) is 0. The lowest BCUT2D eigenvalue weighted by molar-refractivity contribution is 0.346. The second kappa shape index (κ2) is 4.42. The number of allylic oxidation sites excluding steroid dienone is 1. The Kier molecular flexibility index (Phi) is 5.58. The van der Waals surface area contributed by atoms with Crippen LogP contribution in [-0.2, 0) is 0 Å². The third-order valence-corrected chi connectivity index (χ3v) is 1.38. The fourth-order valence-corrected chi connectivity index (χ4v) is 0.441. The number of rotatable bonds is 2. The molecule has 9 heavy (non-hydrogen) atoms. The van der Waals surface area contributed by atoms with Crippen LogP contribution >= 0.6 is 0 Å². The number of hydrogen-bond acceptors (Lipinski definition) is 1. The van der Waals surface area contributed by atoms with E-state index in [1.54, 1.807) is 0 Å². The van der Waals surface area contributed by atoms with Crippen LogP contribution in [0, 0.1) is 0 Å². The molecule has 0 aliphatic heterocycles. The van der Waals surface area contributed by atoms with Gasteiger partial charge in [0.2, 0.25) is 0 Å². The highest BCUT2D eigenvalue weighted by molar-refractivity contribution is 4.87. The molecule has 0 heterocycles. The van der Waals surface area contributed by atoms with Gasteiger partial charge in [-0.25, -0.2) is 0 Å². The third-order valence-electron chi connectivity index (χ3n) is 1.38. The van der Waals surface area contributed by atoms with Crippen LogP contribution in [0.25, 0.3) is 0 Å². The molecule has 0 aliphatic carbocycles. The first-order valence-electron chi connectivity index (χ1n) is 2.94. The predicted molar refractivity (Wildman–Crippen MR) is 44.4 cm³/mol. The molecule has 0 spiro atoms. The minimum absolute atomic E-state index is 0. The summed E-state index contributed by atoms with van der Waals surface area (Å²) in [6.07, 6.45) is 0. The standard InChI is InChI=1S/C7H15N.CH4/c1-6(2)8(5)7(3)4;/h7H,1H2,2-5H3;1H4. The Bertz CT molecular complexity index is 84.6. The maximum absolute atomic E-state index is 3.80. The quantitative estimate of drug-likeness (QED) is 0.553. The predicted octanol–water partition coefficient (Wildman–Crippen LogP) is 2.50. The Morgan fingerprint density at radius 2 is 1.78 bits per heavy atom. The SMILES string of the molecule is C.C=C(C)N(C)C(C)C. The fraction of sp³-hybridized carbons (Fsp3) is 0.750. The van der Waals surface area contributed by atoms with Crippen LogP contribution in [0.1, 0.15) is 28.2 Å². The van der Waals surface area contributed by atoms with Gasteiger partial charge in [-0.3, -0.25) is 0 Å². The van der Waals surface area contributed by atoms with Crippen LogP contribution in [0.15, 0.2) is 12.3 Å². The molecular formula is C8H19N. The van der Waals surface area contributed by atoms with Crippen molar-refractivity contribution < 1.29 is 0 Å². The summed E-state index contributed by atoms with van der Waals surface area (Å²) in [6.45, 7) is 10.1. The van der Waals surface area contributed by atoms with Gasteiger partial charge in [0.05, 0.1) is 0 Å². The zero-order valence-electron chi connectivity index (χ0n) is 6.23. The molecule has 0 aromatic heterocycles. The summed E-state index contributed by atoms with van der Waals surface area (Å²) in [5.74, 6) is 0. The average molecular weight is 129 g/mol. The Labute approximate surface area is 59.4 Å². The Morgan fingerprint density at radius 1 is 1.44 bits per heavy atom. The van der Waals surface area contributed by atoms with E-state index in [-0.39, 0.29) is 7.43 Å². The first-order chi connectivity index (χ1) is 3.55. The summed E-state index contributed by atoms with van der Waals surface area (Å²) in [7, 11) is 2.05. The maximum Gasteiger partial charge on any atom is 0.0226 e. The molecule has 0 bridgehead atoms. The Balaban J connectivity index is 0. The summed E-state index contributed by atoms with van der Waals surface area (Å²) in [5.41, 5.74) is 1.12. The van der Waals surface area contributed by atoms with Crippen molar-refractivity contribution in [1.82, 2.24) is 4.90 Å². The topological polar surface area (TPSA) is 3.24 Å². The van der Waals surface area contributed by atoms with Gasteiger partial charge in [-0.05, 0) is 20.8 Å². The Hall–Kier alpha value is -0.460. The largest absolute Gasteiger partial charge is 0.376 e. The molecule has 0 radical (unpaired) electrons. The van der Waals surface area contributed by atoms with Crippen molar-refractivity contribution in [2.45, 2.75) is 34.2 Å². The van der Waals surface area contributed by atoms with Crippen molar-refractivity contribution in [1.29, 1.82) is 0 Å². The highest BCUT2D eigenvalue weighted by atomic mass is 15.1. The lowest BCUT2D eigenvalue weighted by Gasteiger charge is -2.22. The molecule has 0 rings (SSSR count). The van der Waals surface area contributed by atoms with Crippen molar-refractivity contribution in [3.63, 3.8) is 0 Å². The molecular weight excluding hydrogens is 110 g/mol. The molecule has 0 N–H and O–H groups in total. The van der Waals surface area contributed by atoms with Gasteiger partial charge in [0.1, 0.15) is 0 Å². The van der Waals surface area contributed by atoms with Crippen LogP contribution in [0.3, 0.4) is 0 Å². The lowest BCUT2D eigenvalue weighted by Crippen LogP contribution is -2.23. The van der Waals surface area contributed by atoms with Crippen molar-refractivity contribution in [3.05, 3.63) is 12.3 Å². The van der Waals surface area contributed by atoms with E-state index in [1.165, 1.54) is 0 Å². The summed E-state index contributed by atoms with van der Waals surface area (Å²) in [6, 6.07) is 0.576. The van der Waals surface area contributed by atoms with Gasteiger partial charge in [0, 0.05) is 18.8 Å². The van der Waals surface area contributed by atoms with E-state index >= 15 is 0 Å². The van der Waals surface area contributed by atoms with Crippen molar-refractivity contribution in [3.8, 4) is 0 Å².